The van der Waals surface area contributed by atoms with E-state index in [9.17, 15) is 4.39 Å². The molecule has 0 aliphatic carbocycles. The van der Waals surface area contributed by atoms with E-state index in [2.05, 4.69) is 25.3 Å². The highest BCUT2D eigenvalue weighted by molar-refractivity contribution is 7.09. The van der Waals surface area contributed by atoms with Crippen molar-refractivity contribution < 1.29 is 4.39 Å². The van der Waals surface area contributed by atoms with E-state index in [-0.39, 0.29) is 29.5 Å². The molecule has 0 spiro atoms. The number of aromatic amines is 1. The highest BCUT2D eigenvalue weighted by Crippen LogP contribution is 2.28. The van der Waals surface area contributed by atoms with Crippen molar-refractivity contribution in [3.63, 3.8) is 0 Å². The highest BCUT2D eigenvalue weighted by Gasteiger charge is 2.19. The number of halogens is 3. The lowest BCUT2D eigenvalue weighted by atomic mass is 10.1. The number of aromatic nitrogens is 4. The lowest BCUT2D eigenvalue weighted by Crippen LogP contribution is -2.22. The Labute approximate surface area is 153 Å². The summed E-state index contributed by atoms with van der Waals surface area (Å²) in [4.78, 5) is 15.3. The summed E-state index contributed by atoms with van der Waals surface area (Å²) in [6, 6.07) is -0.118. The van der Waals surface area contributed by atoms with Gasteiger partial charge in [-0.3, -0.25) is 0 Å². The molecule has 3 heterocycles. The molecule has 0 radical (unpaired) electrons. The van der Waals surface area contributed by atoms with Crippen LogP contribution in [0.1, 0.15) is 24.0 Å². The monoisotopic (exact) mass is 390 g/mol. The van der Waals surface area contributed by atoms with Crippen LogP contribution in [0.2, 0.25) is 5.28 Å². The van der Waals surface area contributed by atoms with Gasteiger partial charge in [-0.15, -0.1) is 23.7 Å². The average Bonchev–Trinajstić information content (AvgIpc) is 3.14. The molecule has 0 aliphatic heterocycles. The average molecular weight is 391 g/mol. The zero-order valence-corrected chi connectivity index (χ0v) is 15.2. The number of rotatable bonds is 6. The van der Waals surface area contributed by atoms with Crippen LogP contribution in [0.5, 0.6) is 0 Å². The third kappa shape index (κ3) is 3.94. The second kappa shape index (κ2) is 8.06. The fraction of sp³-hybridized carbons (Fsp3) is 0.357. The van der Waals surface area contributed by atoms with Crippen LogP contribution in [0, 0.1) is 5.82 Å². The Hall–Kier alpha value is -1.48. The van der Waals surface area contributed by atoms with Gasteiger partial charge in [0.05, 0.1) is 17.6 Å². The molecule has 0 aliphatic rings. The Morgan fingerprint density at radius 2 is 2.25 bits per heavy atom. The zero-order valence-electron chi connectivity index (χ0n) is 12.8. The number of hydrogen-bond donors (Lipinski definition) is 3. The maximum atomic E-state index is 14.7. The summed E-state index contributed by atoms with van der Waals surface area (Å²) >= 11 is 7.44. The Morgan fingerprint density at radius 3 is 2.92 bits per heavy atom. The molecule has 0 amide bonds. The van der Waals surface area contributed by atoms with E-state index in [0.29, 0.717) is 35.5 Å². The smallest absolute Gasteiger partial charge is 0.226 e. The fourth-order valence-electron chi connectivity index (χ4n) is 2.26. The predicted molar refractivity (Wildman–Crippen MR) is 97.5 cm³/mol. The Morgan fingerprint density at radius 1 is 1.46 bits per heavy atom. The van der Waals surface area contributed by atoms with Gasteiger partial charge in [0.1, 0.15) is 16.5 Å². The first-order valence-corrected chi connectivity index (χ1v) is 8.45. The van der Waals surface area contributed by atoms with E-state index >= 15 is 0 Å². The van der Waals surface area contributed by atoms with E-state index < -0.39 is 0 Å². The van der Waals surface area contributed by atoms with Crippen LogP contribution < -0.4 is 11.1 Å². The number of anilines is 1. The zero-order chi connectivity index (χ0) is 16.4. The van der Waals surface area contributed by atoms with Gasteiger partial charge in [-0.1, -0.05) is 6.92 Å². The minimum atomic E-state index is -0.387. The second-order valence-electron chi connectivity index (χ2n) is 5.13. The third-order valence-electron chi connectivity index (χ3n) is 3.52. The first kappa shape index (κ1) is 18.9. The minimum Gasteiger partial charge on any atom is -0.363 e. The summed E-state index contributed by atoms with van der Waals surface area (Å²) in [5.74, 6) is -0.0394. The number of hydrogen-bond acceptors (Lipinski definition) is 6. The van der Waals surface area contributed by atoms with Crippen LogP contribution >= 0.6 is 35.3 Å². The standard InChI is InChI=1S/C14H16ClFN6S.ClH/c1-2-7(17)5-8-11(16)10-12(19-6-9-18-3-4-23-9)21-14(15)22-13(10)20-8;/h3-4,7H,2,5-6,17H2,1H3,(H2,19,20,21,22);1H. The first-order valence-electron chi connectivity index (χ1n) is 7.19. The molecule has 130 valence electrons. The van der Waals surface area contributed by atoms with E-state index in [0.717, 1.165) is 11.4 Å². The molecular formula is C14H17Cl2FN6S. The molecule has 1 unspecified atom stereocenters. The lowest BCUT2D eigenvalue weighted by Gasteiger charge is -2.06. The van der Waals surface area contributed by atoms with E-state index in [1.165, 1.54) is 11.3 Å². The Bertz CT molecular complexity index is 807. The van der Waals surface area contributed by atoms with Crippen molar-refractivity contribution in [1.29, 1.82) is 0 Å². The van der Waals surface area contributed by atoms with Crippen LogP contribution in [0.25, 0.3) is 11.0 Å². The van der Waals surface area contributed by atoms with Crippen LogP contribution in [-0.4, -0.2) is 26.0 Å². The maximum absolute atomic E-state index is 14.7. The van der Waals surface area contributed by atoms with E-state index in [1.807, 2.05) is 12.3 Å². The van der Waals surface area contributed by atoms with Crippen molar-refractivity contribution in [2.24, 2.45) is 5.73 Å². The molecule has 0 bridgehead atoms. The van der Waals surface area contributed by atoms with Crippen LogP contribution in [0.4, 0.5) is 10.2 Å². The number of thiazole rings is 1. The molecule has 4 N–H and O–H groups in total. The number of nitrogens with one attached hydrogen (secondary N) is 2. The van der Waals surface area contributed by atoms with Crippen molar-refractivity contribution in [2.75, 3.05) is 5.32 Å². The minimum absolute atomic E-state index is 0. The maximum Gasteiger partial charge on any atom is 0.226 e. The van der Waals surface area contributed by atoms with Gasteiger partial charge in [-0.05, 0) is 18.0 Å². The van der Waals surface area contributed by atoms with Gasteiger partial charge < -0.3 is 16.0 Å². The van der Waals surface area contributed by atoms with E-state index in [1.54, 1.807) is 6.20 Å². The summed E-state index contributed by atoms with van der Waals surface area (Å²) in [7, 11) is 0. The molecule has 3 aromatic heterocycles. The first-order chi connectivity index (χ1) is 11.1. The molecule has 0 aromatic carbocycles. The number of H-pyrrole nitrogens is 1. The van der Waals surface area contributed by atoms with Crippen molar-refractivity contribution >= 4 is 52.2 Å². The summed E-state index contributed by atoms with van der Waals surface area (Å²) in [5, 5.41) is 6.16. The number of nitrogens with two attached hydrogens (primary N) is 1. The van der Waals surface area contributed by atoms with Gasteiger partial charge >= 0.3 is 0 Å². The Kier molecular flexibility index (Phi) is 6.34. The van der Waals surface area contributed by atoms with Gasteiger partial charge in [0.2, 0.25) is 5.28 Å². The highest BCUT2D eigenvalue weighted by atomic mass is 35.5. The number of nitrogens with zero attached hydrogens (tertiary/aromatic N) is 3. The molecule has 0 saturated carbocycles. The lowest BCUT2D eigenvalue weighted by molar-refractivity contribution is 0.581. The molecule has 10 heteroatoms. The molecule has 24 heavy (non-hydrogen) atoms. The molecule has 6 nitrogen and oxygen atoms in total. The van der Waals surface area contributed by atoms with Gasteiger partial charge in [-0.2, -0.15) is 9.97 Å². The third-order valence-corrected chi connectivity index (χ3v) is 4.47. The largest absolute Gasteiger partial charge is 0.363 e. The molecule has 0 fully saturated rings. The predicted octanol–water partition coefficient (Wildman–Crippen LogP) is 3.52. The fourth-order valence-corrected chi connectivity index (χ4v) is 2.98. The molecule has 3 rings (SSSR count). The molecule has 0 saturated heterocycles. The normalized spacial score (nSPS) is 12.2. The van der Waals surface area contributed by atoms with Gasteiger partial charge in [0, 0.05) is 24.0 Å². The SMILES string of the molecule is CCC(N)Cc1[nH]c2nc(Cl)nc(NCc3nccs3)c2c1F.Cl. The topological polar surface area (TPSA) is 92.5 Å². The summed E-state index contributed by atoms with van der Waals surface area (Å²) < 4.78 is 14.7. The molecule has 1 atom stereocenters. The van der Waals surface area contributed by atoms with Crippen molar-refractivity contribution in [1.82, 2.24) is 19.9 Å². The van der Waals surface area contributed by atoms with Crippen molar-refractivity contribution in [3.05, 3.63) is 33.4 Å². The number of fused-ring (bicyclic) bond motifs is 1. The van der Waals surface area contributed by atoms with Crippen molar-refractivity contribution in [2.45, 2.75) is 32.4 Å². The summed E-state index contributed by atoms with van der Waals surface area (Å²) in [6.07, 6.45) is 2.88. The van der Waals surface area contributed by atoms with Crippen molar-refractivity contribution in [3.8, 4) is 0 Å². The Balaban J connectivity index is 0.00000208. The van der Waals surface area contributed by atoms with Crippen LogP contribution in [0.15, 0.2) is 11.6 Å². The second-order valence-corrected chi connectivity index (χ2v) is 6.45. The van der Waals surface area contributed by atoms with Crippen LogP contribution in [-0.2, 0) is 13.0 Å². The van der Waals surface area contributed by atoms with E-state index in [4.69, 9.17) is 17.3 Å². The summed E-state index contributed by atoms with van der Waals surface area (Å²) in [5.41, 5.74) is 6.70. The van der Waals surface area contributed by atoms with Gasteiger partial charge in [-0.25, -0.2) is 9.37 Å². The van der Waals surface area contributed by atoms with Gasteiger partial charge in [0.25, 0.3) is 0 Å². The van der Waals surface area contributed by atoms with Crippen LogP contribution in [0.3, 0.4) is 0 Å². The van der Waals surface area contributed by atoms with Gasteiger partial charge in [0.15, 0.2) is 5.82 Å². The molecule has 3 aromatic rings. The molecular weight excluding hydrogens is 374 g/mol. The quantitative estimate of drug-likeness (QED) is 0.559. The summed E-state index contributed by atoms with van der Waals surface area (Å²) in [6.45, 7) is 2.40.